The number of methoxy groups -OCH3 is 1. The number of hydrogen-bond acceptors (Lipinski definition) is 6. The number of carbonyl (C=O) groups excluding carboxylic acids is 1. The number of amides is 1. The summed E-state index contributed by atoms with van der Waals surface area (Å²) in [7, 11) is 1.58. The summed E-state index contributed by atoms with van der Waals surface area (Å²) in [4.78, 5) is 26.0. The van der Waals surface area contributed by atoms with Crippen molar-refractivity contribution in [2.75, 3.05) is 33.5 Å². The van der Waals surface area contributed by atoms with Gasteiger partial charge in [-0.05, 0) is 35.4 Å². The Morgan fingerprint density at radius 3 is 2.33 bits per heavy atom. The maximum atomic E-state index is 12.4. The number of piperidine rings is 1. The minimum Gasteiger partial charge on any atom is -0.497 e. The number of carboxylic acids is 1. The van der Waals surface area contributed by atoms with E-state index in [0.717, 1.165) is 11.1 Å². The predicted octanol–water partition coefficient (Wildman–Crippen LogP) is 1.79. The Bertz CT molecular complexity index is 945. The van der Waals surface area contributed by atoms with Crippen molar-refractivity contribution in [3.8, 4) is 17.2 Å². The van der Waals surface area contributed by atoms with Gasteiger partial charge in [-0.2, -0.15) is 0 Å². The van der Waals surface area contributed by atoms with Gasteiger partial charge in [-0.25, -0.2) is 0 Å². The number of aliphatic carboxylic acids is 1. The van der Waals surface area contributed by atoms with Crippen LogP contribution in [-0.2, 0) is 9.59 Å². The molecule has 0 unspecified atom stereocenters. The van der Waals surface area contributed by atoms with Crippen molar-refractivity contribution in [3.05, 3.63) is 53.6 Å². The van der Waals surface area contributed by atoms with Crippen LogP contribution in [0, 0.1) is 5.92 Å². The zero-order chi connectivity index (χ0) is 21.3. The second-order valence-electron chi connectivity index (χ2n) is 7.62. The molecule has 2 aliphatic rings. The summed E-state index contributed by atoms with van der Waals surface area (Å²) in [6.07, 6.45) is 0. The molecular weight excluding hydrogens is 388 g/mol. The average Bonchev–Trinajstić information content (AvgIpc) is 3.20. The van der Waals surface area contributed by atoms with Gasteiger partial charge in [-0.1, -0.05) is 18.2 Å². The minimum absolute atomic E-state index is 0.0695. The SMILES string of the molecule is COc1ccc([C@H]2CN(CC(N)=O)C[C@H](c3ccc4c(c3)OCO4)[C@@H]2C(=O)O)cc1. The zero-order valence-corrected chi connectivity index (χ0v) is 16.6. The van der Waals surface area contributed by atoms with Crippen LogP contribution in [0.3, 0.4) is 0 Å². The number of carboxylic acid groups (broad SMARTS) is 1. The van der Waals surface area contributed by atoms with Gasteiger partial charge in [0.1, 0.15) is 5.75 Å². The van der Waals surface area contributed by atoms with Gasteiger partial charge in [-0.3, -0.25) is 14.5 Å². The lowest BCUT2D eigenvalue weighted by Crippen LogP contribution is -2.49. The molecule has 0 spiro atoms. The quantitative estimate of drug-likeness (QED) is 0.744. The van der Waals surface area contributed by atoms with Crippen LogP contribution in [0.1, 0.15) is 23.0 Å². The third-order valence-electron chi connectivity index (χ3n) is 5.81. The van der Waals surface area contributed by atoms with E-state index in [0.29, 0.717) is 30.3 Å². The number of likely N-dealkylation sites (tertiary alicyclic amines) is 1. The molecule has 2 heterocycles. The van der Waals surface area contributed by atoms with Crippen LogP contribution in [0.2, 0.25) is 0 Å². The molecule has 0 saturated carbocycles. The first kappa shape index (κ1) is 20.0. The Morgan fingerprint density at radius 2 is 1.70 bits per heavy atom. The topological polar surface area (TPSA) is 111 Å². The normalized spacial score (nSPS) is 23.2. The number of hydrogen-bond donors (Lipinski definition) is 2. The van der Waals surface area contributed by atoms with Crippen LogP contribution >= 0.6 is 0 Å². The maximum absolute atomic E-state index is 12.4. The van der Waals surface area contributed by atoms with Crippen LogP contribution in [0.4, 0.5) is 0 Å². The molecule has 2 aliphatic heterocycles. The van der Waals surface area contributed by atoms with Crippen molar-refractivity contribution in [1.29, 1.82) is 0 Å². The Balaban J connectivity index is 1.73. The van der Waals surface area contributed by atoms with Gasteiger partial charge in [0, 0.05) is 24.9 Å². The molecule has 8 nitrogen and oxygen atoms in total. The maximum Gasteiger partial charge on any atom is 0.307 e. The zero-order valence-electron chi connectivity index (χ0n) is 16.6. The molecule has 0 radical (unpaired) electrons. The standard InChI is InChI=1S/C22H24N2O6/c1-28-15-5-2-13(3-6-15)16-9-24(11-20(23)25)10-17(21(16)22(26)27)14-4-7-18-19(8-14)30-12-29-18/h2-8,16-17,21H,9-12H2,1H3,(H2,23,25)(H,26,27)/t16-,17-,21-/m1/s1. The molecule has 158 valence electrons. The Hall–Kier alpha value is -3.26. The van der Waals surface area contributed by atoms with E-state index >= 15 is 0 Å². The summed E-state index contributed by atoms with van der Waals surface area (Å²) >= 11 is 0. The number of primary amides is 1. The van der Waals surface area contributed by atoms with E-state index in [2.05, 4.69) is 0 Å². The van der Waals surface area contributed by atoms with Gasteiger partial charge in [-0.15, -0.1) is 0 Å². The molecular formula is C22H24N2O6. The molecule has 8 heteroatoms. The second kappa shape index (κ2) is 8.23. The van der Waals surface area contributed by atoms with E-state index in [1.165, 1.54) is 0 Å². The number of carbonyl (C=O) groups is 2. The number of benzene rings is 2. The van der Waals surface area contributed by atoms with Gasteiger partial charge >= 0.3 is 5.97 Å². The fourth-order valence-electron chi connectivity index (χ4n) is 4.45. The van der Waals surface area contributed by atoms with Crippen molar-refractivity contribution < 1.29 is 28.9 Å². The summed E-state index contributed by atoms with van der Waals surface area (Å²) in [6, 6.07) is 12.9. The molecule has 4 rings (SSSR count). The van der Waals surface area contributed by atoms with E-state index in [9.17, 15) is 14.7 Å². The Labute approximate surface area is 174 Å². The summed E-state index contributed by atoms with van der Waals surface area (Å²) in [5, 5.41) is 10.2. The molecule has 3 atom stereocenters. The van der Waals surface area contributed by atoms with Crippen LogP contribution in [0.5, 0.6) is 17.2 Å². The Kier molecular flexibility index (Phi) is 5.50. The van der Waals surface area contributed by atoms with Crippen molar-refractivity contribution >= 4 is 11.9 Å². The van der Waals surface area contributed by atoms with E-state index in [1.54, 1.807) is 13.2 Å². The van der Waals surface area contributed by atoms with Gasteiger partial charge in [0.05, 0.1) is 19.6 Å². The number of nitrogens with two attached hydrogens (primary N) is 1. The lowest BCUT2D eigenvalue weighted by Gasteiger charge is -2.42. The van der Waals surface area contributed by atoms with Crippen LogP contribution < -0.4 is 19.9 Å². The summed E-state index contributed by atoms with van der Waals surface area (Å²) in [5.74, 6) is -0.731. The fourth-order valence-corrected chi connectivity index (χ4v) is 4.45. The van der Waals surface area contributed by atoms with E-state index in [1.807, 2.05) is 41.3 Å². The van der Waals surface area contributed by atoms with Crippen molar-refractivity contribution in [3.63, 3.8) is 0 Å². The van der Waals surface area contributed by atoms with Crippen molar-refractivity contribution in [1.82, 2.24) is 4.90 Å². The molecule has 1 amide bonds. The minimum atomic E-state index is -0.878. The summed E-state index contributed by atoms with van der Waals surface area (Å²) in [5.41, 5.74) is 7.16. The molecule has 30 heavy (non-hydrogen) atoms. The molecule has 1 fully saturated rings. The molecule has 0 bridgehead atoms. The number of ether oxygens (including phenoxy) is 3. The lowest BCUT2D eigenvalue weighted by atomic mass is 9.71. The smallest absolute Gasteiger partial charge is 0.307 e. The highest BCUT2D eigenvalue weighted by Crippen LogP contribution is 2.44. The molecule has 1 saturated heterocycles. The Morgan fingerprint density at radius 1 is 1.07 bits per heavy atom. The highest BCUT2D eigenvalue weighted by molar-refractivity contribution is 5.76. The van der Waals surface area contributed by atoms with Gasteiger partial charge < -0.3 is 25.1 Å². The average molecular weight is 412 g/mol. The third-order valence-corrected chi connectivity index (χ3v) is 5.81. The molecule has 2 aromatic carbocycles. The highest BCUT2D eigenvalue weighted by atomic mass is 16.7. The van der Waals surface area contributed by atoms with Gasteiger partial charge in [0.25, 0.3) is 0 Å². The molecule has 0 aromatic heterocycles. The fraction of sp³-hybridized carbons (Fsp3) is 0.364. The molecule has 3 N–H and O–H groups in total. The van der Waals surface area contributed by atoms with Crippen molar-refractivity contribution in [2.24, 2.45) is 11.7 Å². The largest absolute Gasteiger partial charge is 0.497 e. The molecule has 2 aromatic rings. The van der Waals surface area contributed by atoms with Crippen LogP contribution in [-0.4, -0.2) is 55.4 Å². The lowest BCUT2D eigenvalue weighted by molar-refractivity contribution is -0.145. The van der Waals surface area contributed by atoms with E-state index in [-0.39, 0.29) is 25.2 Å². The monoisotopic (exact) mass is 412 g/mol. The van der Waals surface area contributed by atoms with Crippen LogP contribution in [0.15, 0.2) is 42.5 Å². The predicted molar refractivity (Wildman–Crippen MR) is 108 cm³/mol. The van der Waals surface area contributed by atoms with E-state index in [4.69, 9.17) is 19.9 Å². The number of fused-ring (bicyclic) bond motifs is 1. The van der Waals surface area contributed by atoms with Crippen LogP contribution in [0.25, 0.3) is 0 Å². The van der Waals surface area contributed by atoms with Gasteiger partial charge in [0.2, 0.25) is 12.7 Å². The van der Waals surface area contributed by atoms with Crippen molar-refractivity contribution in [2.45, 2.75) is 11.8 Å². The molecule has 0 aliphatic carbocycles. The van der Waals surface area contributed by atoms with Gasteiger partial charge in [0.15, 0.2) is 11.5 Å². The third kappa shape index (κ3) is 3.91. The summed E-state index contributed by atoms with van der Waals surface area (Å²) in [6.45, 7) is 1.05. The number of rotatable bonds is 6. The first-order valence-electron chi connectivity index (χ1n) is 9.73. The number of nitrogens with zero attached hydrogens (tertiary/aromatic N) is 1. The first-order valence-corrected chi connectivity index (χ1v) is 9.73. The second-order valence-corrected chi connectivity index (χ2v) is 7.62. The first-order chi connectivity index (χ1) is 14.5. The van der Waals surface area contributed by atoms with E-state index < -0.39 is 17.8 Å². The highest BCUT2D eigenvalue weighted by Gasteiger charge is 2.43. The summed E-state index contributed by atoms with van der Waals surface area (Å²) < 4.78 is 16.1.